The summed E-state index contributed by atoms with van der Waals surface area (Å²) in [5, 5.41) is 2.67. The maximum atomic E-state index is 11.5. The first-order valence-corrected chi connectivity index (χ1v) is 10.9. The number of benzene rings is 1. The van der Waals surface area contributed by atoms with Crippen LogP contribution < -0.4 is 10.1 Å². The highest BCUT2D eigenvalue weighted by Crippen LogP contribution is 2.50. The second-order valence-corrected chi connectivity index (χ2v) is 12.3. The molecule has 0 spiro atoms. The van der Waals surface area contributed by atoms with Gasteiger partial charge in [0.1, 0.15) is 18.0 Å². The molecule has 0 saturated heterocycles. The molecule has 0 fully saturated rings. The predicted octanol–water partition coefficient (Wildman–Crippen LogP) is 4.00. The molecule has 0 unspecified atom stereocenters. The monoisotopic (exact) mass is 326 g/mol. The van der Waals surface area contributed by atoms with Crippen molar-refractivity contribution in [2.45, 2.75) is 32.5 Å². The summed E-state index contributed by atoms with van der Waals surface area (Å²) in [6.07, 6.45) is 0.730. The second kappa shape index (κ2) is 7.82. The largest absolute Gasteiger partial charge is 0.492 e. The standard InChI is InChI=1S/C17H28NO3P/c1-17(2,3)21-16(19)18-11-12-20-15-9-7-14(8-10-15)13-22(4,5)6/h7-10H,11-13H2,1-6H3/p+1. The second-order valence-electron chi connectivity index (χ2n) is 7.37. The van der Waals surface area contributed by atoms with Crippen LogP contribution in [0.15, 0.2) is 24.3 Å². The molecule has 5 heteroatoms. The van der Waals surface area contributed by atoms with Crippen LogP contribution in [0.4, 0.5) is 4.79 Å². The molecule has 0 aliphatic carbocycles. The first kappa shape index (κ1) is 18.8. The van der Waals surface area contributed by atoms with Crippen LogP contribution in [0.2, 0.25) is 0 Å². The average molecular weight is 326 g/mol. The van der Waals surface area contributed by atoms with Crippen LogP contribution in [-0.4, -0.2) is 44.8 Å². The lowest BCUT2D eigenvalue weighted by Crippen LogP contribution is -2.34. The molecule has 1 N–H and O–H groups in total. The molecular formula is C17H29NO3P+. The molecule has 4 nitrogen and oxygen atoms in total. The number of carbonyl (C=O) groups is 1. The number of alkyl carbamates (subject to hydrolysis) is 1. The van der Waals surface area contributed by atoms with Gasteiger partial charge in [-0.2, -0.15) is 0 Å². The Bertz CT molecular complexity index is 472. The van der Waals surface area contributed by atoms with E-state index in [-0.39, 0.29) is 0 Å². The zero-order chi connectivity index (χ0) is 16.8. The predicted molar refractivity (Wildman–Crippen MR) is 94.6 cm³/mol. The van der Waals surface area contributed by atoms with Gasteiger partial charge in [0.15, 0.2) is 0 Å². The van der Waals surface area contributed by atoms with E-state index in [0.717, 1.165) is 11.9 Å². The Kier molecular flexibility index (Phi) is 6.67. The van der Waals surface area contributed by atoms with Gasteiger partial charge in [-0.1, -0.05) is 12.1 Å². The van der Waals surface area contributed by atoms with Crippen LogP contribution in [0.3, 0.4) is 0 Å². The molecule has 0 saturated carbocycles. The van der Waals surface area contributed by atoms with Gasteiger partial charge in [0, 0.05) is 27.3 Å². The number of nitrogens with one attached hydrogen (secondary N) is 1. The van der Waals surface area contributed by atoms with E-state index in [0.29, 0.717) is 13.2 Å². The van der Waals surface area contributed by atoms with Crippen LogP contribution in [0, 0.1) is 0 Å². The van der Waals surface area contributed by atoms with Crippen LogP contribution in [0.1, 0.15) is 26.3 Å². The third kappa shape index (κ3) is 8.89. The normalized spacial score (nSPS) is 11.9. The zero-order valence-corrected chi connectivity index (χ0v) is 15.5. The third-order valence-electron chi connectivity index (χ3n) is 2.62. The lowest BCUT2D eigenvalue weighted by Gasteiger charge is -2.19. The first-order valence-electron chi connectivity index (χ1n) is 7.54. The summed E-state index contributed by atoms with van der Waals surface area (Å²) in [6, 6.07) is 8.20. The number of amides is 1. The highest BCUT2D eigenvalue weighted by atomic mass is 31.2. The molecule has 1 rings (SSSR count). The van der Waals surface area contributed by atoms with Gasteiger partial charge in [-0.25, -0.2) is 4.79 Å². The van der Waals surface area contributed by atoms with Crippen molar-refractivity contribution in [1.29, 1.82) is 0 Å². The van der Waals surface area contributed by atoms with E-state index in [1.54, 1.807) is 0 Å². The zero-order valence-electron chi connectivity index (χ0n) is 14.6. The van der Waals surface area contributed by atoms with Crippen molar-refractivity contribution >= 4 is 13.4 Å². The van der Waals surface area contributed by atoms with Crippen molar-refractivity contribution in [2.75, 3.05) is 33.1 Å². The van der Waals surface area contributed by atoms with Gasteiger partial charge in [0.25, 0.3) is 0 Å². The summed E-state index contributed by atoms with van der Waals surface area (Å²) in [6.45, 7) is 13.4. The molecule has 0 radical (unpaired) electrons. The van der Waals surface area contributed by atoms with Crippen LogP contribution in [-0.2, 0) is 10.9 Å². The average Bonchev–Trinajstić information content (AvgIpc) is 2.32. The number of hydrogen-bond donors (Lipinski definition) is 1. The molecule has 0 heterocycles. The Labute approximate surface area is 134 Å². The number of hydrogen-bond acceptors (Lipinski definition) is 3. The Balaban J connectivity index is 2.30. The highest BCUT2D eigenvalue weighted by molar-refractivity contribution is 7.72. The van der Waals surface area contributed by atoms with Gasteiger partial charge in [-0.15, -0.1) is 0 Å². The van der Waals surface area contributed by atoms with Crippen molar-refractivity contribution < 1.29 is 14.3 Å². The minimum Gasteiger partial charge on any atom is -0.492 e. The number of ether oxygens (including phenoxy) is 2. The SMILES string of the molecule is CC(C)(C)OC(=O)NCCOc1ccc(C[P+](C)(C)C)cc1. The van der Waals surface area contributed by atoms with Crippen molar-refractivity contribution in [3.63, 3.8) is 0 Å². The van der Waals surface area contributed by atoms with Crippen molar-refractivity contribution in [1.82, 2.24) is 5.32 Å². The third-order valence-corrected chi connectivity index (χ3v) is 3.93. The van der Waals surface area contributed by atoms with E-state index < -0.39 is 19.0 Å². The van der Waals surface area contributed by atoms with Gasteiger partial charge >= 0.3 is 6.09 Å². The topological polar surface area (TPSA) is 47.6 Å². The molecule has 0 aliphatic rings. The van der Waals surface area contributed by atoms with E-state index in [9.17, 15) is 4.79 Å². The summed E-state index contributed by atoms with van der Waals surface area (Å²) in [4.78, 5) is 11.5. The summed E-state index contributed by atoms with van der Waals surface area (Å²) in [5.41, 5.74) is 0.872. The molecule has 1 aromatic carbocycles. The van der Waals surface area contributed by atoms with E-state index in [1.807, 2.05) is 32.9 Å². The minimum absolute atomic E-state index is 0.416. The van der Waals surface area contributed by atoms with Crippen molar-refractivity contribution in [3.05, 3.63) is 29.8 Å². The van der Waals surface area contributed by atoms with Gasteiger partial charge in [-0.05, 0) is 38.5 Å². The Morgan fingerprint density at radius 1 is 1.14 bits per heavy atom. The Morgan fingerprint density at radius 2 is 1.73 bits per heavy atom. The summed E-state index contributed by atoms with van der Waals surface area (Å²) < 4.78 is 10.8. The lowest BCUT2D eigenvalue weighted by atomic mass is 10.2. The van der Waals surface area contributed by atoms with Gasteiger partial charge < -0.3 is 14.8 Å². The maximum Gasteiger partial charge on any atom is 0.407 e. The molecule has 0 aliphatic heterocycles. The summed E-state index contributed by atoms with van der Waals surface area (Å²) in [5.74, 6) is 0.821. The molecule has 22 heavy (non-hydrogen) atoms. The van der Waals surface area contributed by atoms with Gasteiger partial charge in [-0.3, -0.25) is 0 Å². The van der Waals surface area contributed by atoms with E-state index in [2.05, 4.69) is 37.4 Å². The summed E-state index contributed by atoms with van der Waals surface area (Å²) >= 11 is 0. The molecule has 0 bridgehead atoms. The first-order chi connectivity index (χ1) is 10.1. The number of carbonyl (C=O) groups excluding carboxylic acids is 1. The van der Waals surface area contributed by atoms with E-state index >= 15 is 0 Å². The van der Waals surface area contributed by atoms with Crippen molar-refractivity contribution in [2.24, 2.45) is 0 Å². The Hall–Kier alpha value is -1.28. The van der Waals surface area contributed by atoms with Gasteiger partial charge in [0.2, 0.25) is 0 Å². The molecule has 0 atom stereocenters. The van der Waals surface area contributed by atoms with E-state index in [1.165, 1.54) is 5.56 Å². The van der Waals surface area contributed by atoms with E-state index in [4.69, 9.17) is 9.47 Å². The quantitative estimate of drug-likeness (QED) is 0.635. The molecule has 1 aromatic rings. The smallest absolute Gasteiger partial charge is 0.407 e. The van der Waals surface area contributed by atoms with Crippen molar-refractivity contribution in [3.8, 4) is 5.75 Å². The fraction of sp³-hybridized carbons (Fsp3) is 0.588. The highest BCUT2D eigenvalue weighted by Gasteiger charge is 2.17. The van der Waals surface area contributed by atoms with Crippen LogP contribution in [0.25, 0.3) is 0 Å². The summed E-state index contributed by atoms with van der Waals surface area (Å²) in [7, 11) is -0.809. The number of rotatable bonds is 6. The lowest BCUT2D eigenvalue weighted by molar-refractivity contribution is 0.0520. The molecule has 0 aromatic heterocycles. The fourth-order valence-corrected chi connectivity index (χ4v) is 3.18. The van der Waals surface area contributed by atoms with Crippen LogP contribution in [0.5, 0.6) is 5.75 Å². The molecule has 124 valence electrons. The fourth-order valence-electron chi connectivity index (χ4n) is 1.87. The van der Waals surface area contributed by atoms with Gasteiger partial charge in [0.05, 0.1) is 12.7 Å². The molecule has 1 amide bonds. The minimum atomic E-state index is -0.809. The maximum absolute atomic E-state index is 11.5. The Morgan fingerprint density at radius 3 is 2.23 bits per heavy atom. The molecular weight excluding hydrogens is 297 g/mol. The van der Waals surface area contributed by atoms with Crippen LogP contribution >= 0.6 is 7.26 Å².